The fourth-order valence-corrected chi connectivity index (χ4v) is 1.82. The summed E-state index contributed by atoms with van der Waals surface area (Å²) in [6, 6.07) is 14.2. The average Bonchev–Trinajstić information content (AvgIpc) is 2.46. The number of nitrogens with one attached hydrogen (secondary N) is 1. The molecule has 3 nitrogen and oxygen atoms in total. The highest BCUT2D eigenvalue weighted by Crippen LogP contribution is 2.26. The molecule has 2 rings (SSSR count). The van der Waals surface area contributed by atoms with Gasteiger partial charge in [-0.05, 0) is 12.5 Å². The Morgan fingerprint density at radius 3 is 2.00 bits per heavy atom. The van der Waals surface area contributed by atoms with E-state index in [1.807, 2.05) is 18.2 Å². The lowest BCUT2D eigenvalue weighted by Crippen LogP contribution is -2.00. The molecule has 0 aromatic heterocycles. The number of methoxy groups -OCH3 is 2. The predicted octanol–water partition coefficient (Wildman–Crippen LogP) is 3.62. The van der Waals surface area contributed by atoms with Gasteiger partial charge in [-0.25, -0.2) is 0 Å². The number of ether oxygens (including phenoxy) is 2. The maximum absolute atomic E-state index is 5.25. The Morgan fingerprint density at radius 2 is 1.47 bits per heavy atom. The normalized spacial score (nSPS) is 10.1. The third kappa shape index (κ3) is 3.65. The zero-order valence-electron chi connectivity index (χ0n) is 11.6. The van der Waals surface area contributed by atoms with E-state index in [0.717, 1.165) is 23.7 Å². The van der Waals surface area contributed by atoms with Crippen LogP contribution >= 0.6 is 0 Å². The first-order valence-corrected chi connectivity index (χ1v) is 6.24. The molecule has 2 aromatic rings. The minimum atomic E-state index is 0.774. The van der Waals surface area contributed by atoms with E-state index < -0.39 is 0 Å². The molecular formula is C16H19NO2. The summed E-state index contributed by atoms with van der Waals surface area (Å²) >= 11 is 0. The first kappa shape index (κ1) is 13.3. The van der Waals surface area contributed by atoms with E-state index in [0.29, 0.717) is 0 Å². The lowest BCUT2D eigenvalue weighted by Gasteiger charge is -2.11. The highest BCUT2D eigenvalue weighted by Gasteiger charge is 2.01. The summed E-state index contributed by atoms with van der Waals surface area (Å²) in [5.74, 6) is 1.57. The lowest BCUT2D eigenvalue weighted by atomic mass is 10.1. The quantitative estimate of drug-likeness (QED) is 0.887. The molecule has 2 aromatic carbocycles. The van der Waals surface area contributed by atoms with Crippen LogP contribution in [0.15, 0.2) is 42.5 Å². The molecule has 0 heterocycles. The number of benzene rings is 2. The number of aryl methyl sites for hydroxylation is 1. The Kier molecular flexibility index (Phi) is 4.29. The van der Waals surface area contributed by atoms with Crippen molar-refractivity contribution in [3.8, 4) is 11.5 Å². The summed E-state index contributed by atoms with van der Waals surface area (Å²) in [4.78, 5) is 0. The fourth-order valence-electron chi connectivity index (χ4n) is 1.82. The van der Waals surface area contributed by atoms with Crippen LogP contribution in [0.2, 0.25) is 0 Å². The molecule has 0 saturated heterocycles. The maximum atomic E-state index is 5.25. The van der Waals surface area contributed by atoms with Crippen LogP contribution in [0.1, 0.15) is 11.1 Å². The molecule has 0 aliphatic rings. The molecule has 19 heavy (non-hydrogen) atoms. The van der Waals surface area contributed by atoms with Crippen LogP contribution in [0.25, 0.3) is 0 Å². The van der Waals surface area contributed by atoms with E-state index in [4.69, 9.17) is 9.47 Å². The van der Waals surface area contributed by atoms with Gasteiger partial charge < -0.3 is 14.8 Å². The van der Waals surface area contributed by atoms with Gasteiger partial charge in [0.15, 0.2) is 0 Å². The first-order valence-electron chi connectivity index (χ1n) is 6.24. The Morgan fingerprint density at radius 1 is 0.895 bits per heavy atom. The minimum absolute atomic E-state index is 0.774. The van der Waals surface area contributed by atoms with Crippen molar-refractivity contribution in [2.24, 2.45) is 0 Å². The van der Waals surface area contributed by atoms with E-state index in [9.17, 15) is 0 Å². The van der Waals surface area contributed by atoms with Crippen LogP contribution in [0.5, 0.6) is 11.5 Å². The Labute approximate surface area is 114 Å². The summed E-state index contributed by atoms with van der Waals surface area (Å²) in [7, 11) is 3.30. The van der Waals surface area contributed by atoms with Gasteiger partial charge in [-0.15, -0.1) is 0 Å². The van der Waals surface area contributed by atoms with E-state index >= 15 is 0 Å². The van der Waals surface area contributed by atoms with Gasteiger partial charge in [0, 0.05) is 30.4 Å². The maximum Gasteiger partial charge on any atom is 0.124 e. The highest BCUT2D eigenvalue weighted by molar-refractivity contribution is 5.54. The van der Waals surface area contributed by atoms with Gasteiger partial charge in [0.25, 0.3) is 0 Å². The van der Waals surface area contributed by atoms with E-state index in [-0.39, 0.29) is 0 Å². The van der Waals surface area contributed by atoms with Gasteiger partial charge in [0.2, 0.25) is 0 Å². The van der Waals surface area contributed by atoms with Crippen molar-refractivity contribution in [2.75, 3.05) is 19.5 Å². The summed E-state index contributed by atoms with van der Waals surface area (Å²) in [6.07, 6.45) is 0. The van der Waals surface area contributed by atoms with E-state index in [1.54, 1.807) is 14.2 Å². The van der Waals surface area contributed by atoms with Gasteiger partial charge in [-0.1, -0.05) is 29.8 Å². The SMILES string of the molecule is COc1cc(NCc2ccc(C)cc2)cc(OC)c1. The smallest absolute Gasteiger partial charge is 0.124 e. The van der Waals surface area contributed by atoms with Crippen molar-refractivity contribution in [3.63, 3.8) is 0 Å². The van der Waals surface area contributed by atoms with Crippen molar-refractivity contribution >= 4 is 5.69 Å². The molecule has 0 bridgehead atoms. The second kappa shape index (κ2) is 6.14. The summed E-state index contributed by atoms with van der Waals surface area (Å²) < 4.78 is 10.5. The third-order valence-electron chi connectivity index (χ3n) is 2.97. The van der Waals surface area contributed by atoms with Gasteiger partial charge >= 0.3 is 0 Å². The summed E-state index contributed by atoms with van der Waals surface area (Å²) in [5, 5.41) is 3.37. The van der Waals surface area contributed by atoms with Gasteiger partial charge in [0.1, 0.15) is 11.5 Å². The van der Waals surface area contributed by atoms with Crippen LogP contribution in [0.4, 0.5) is 5.69 Å². The fraction of sp³-hybridized carbons (Fsp3) is 0.250. The van der Waals surface area contributed by atoms with Gasteiger partial charge in [0.05, 0.1) is 14.2 Å². The van der Waals surface area contributed by atoms with E-state index in [2.05, 4.69) is 36.5 Å². The molecule has 0 spiro atoms. The predicted molar refractivity (Wildman–Crippen MR) is 78.1 cm³/mol. The highest BCUT2D eigenvalue weighted by atomic mass is 16.5. The summed E-state index contributed by atoms with van der Waals surface area (Å²) in [5.41, 5.74) is 3.50. The van der Waals surface area contributed by atoms with Crippen LogP contribution in [0, 0.1) is 6.92 Å². The topological polar surface area (TPSA) is 30.5 Å². The van der Waals surface area contributed by atoms with Crippen LogP contribution < -0.4 is 14.8 Å². The molecular weight excluding hydrogens is 238 g/mol. The number of hydrogen-bond acceptors (Lipinski definition) is 3. The zero-order valence-corrected chi connectivity index (χ0v) is 11.6. The Balaban J connectivity index is 2.08. The molecule has 0 unspecified atom stereocenters. The standard InChI is InChI=1S/C16H19NO2/c1-12-4-6-13(7-5-12)11-17-14-8-15(18-2)10-16(9-14)19-3/h4-10,17H,11H2,1-3H3. The minimum Gasteiger partial charge on any atom is -0.497 e. The van der Waals surface area contributed by atoms with E-state index in [1.165, 1.54) is 11.1 Å². The zero-order chi connectivity index (χ0) is 13.7. The number of hydrogen-bond donors (Lipinski definition) is 1. The Hall–Kier alpha value is -2.16. The molecule has 100 valence electrons. The van der Waals surface area contributed by atoms with Crippen LogP contribution in [0.3, 0.4) is 0 Å². The van der Waals surface area contributed by atoms with Gasteiger partial charge in [-0.2, -0.15) is 0 Å². The lowest BCUT2D eigenvalue weighted by molar-refractivity contribution is 0.394. The van der Waals surface area contributed by atoms with Crippen LogP contribution in [-0.2, 0) is 6.54 Å². The average molecular weight is 257 g/mol. The molecule has 1 N–H and O–H groups in total. The number of rotatable bonds is 5. The Bertz CT molecular complexity index is 513. The molecule has 0 amide bonds. The first-order chi connectivity index (χ1) is 9.21. The number of anilines is 1. The molecule has 0 saturated carbocycles. The van der Waals surface area contributed by atoms with Crippen molar-refractivity contribution in [2.45, 2.75) is 13.5 Å². The third-order valence-corrected chi connectivity index (χ3v) is 2.97. The van der Waals surface area contributed by atoms with Gasteiger partial charge in [-0.3, -0.25) is 0 Å². The molecule has 0 atom stereocenters. The van der Waals surface area contributed by atoms with Crippen molar-refractivity contribution < 1.29 is 9.47 Å². The summed E-state index contributed by atoms with van der Waals surface area (Å²) in [6.45, 7) is 2.86. The molecule has 3 heteroatoms. The second-order valence-corrected chi connectivity index (χ2v) is 4.44. The van der Waals surface area contributed by atoms with Crippen molar-refractivity contribution in [1.29, 1.82) is 0 Å². The second-order valence-electron chi connectivity index (χ2n) is 4.44. The molecule has 0 aliphatic heterocycles. The van der Waals surface area contributed by atoms with Crippen molar-refractivity contribution in [3.05, 3.63) is 53.6 Å². The molecule has 0 radical (unpaired) electrons. The van der Waals surface area contributed by atoms with Crippen LogP contribution in [-0.4, -0.2) is 14.2 Å². The van der Waals surface area contributed by atoms with Crippen molar-refractivity contribution in [1.82, 2.24) is 0 Å². The largest absolute Gasteiger partial charge is 0.497 e. The molecule has 0 fully saturated rings. The molecule has 0 aliphatic carbocycles. The monoisotopic (exact) mass is 257 g/mol.